The Labute approximate surface area is 142 Å². The van der Waals surface area contributed by atoms with Crippen molar-refractivity contribution in [1.29, 1.82) is 0 Å². The van der Waals surface area contributed by atoms with Gasteiger partial charge in [-0.15, -0.1) is 0 Å². The van der Waals surface area contributed by atoms with Gasteiger partial charge in [0.15, 0.2) is 15.6 Å². The third kappa shape index (κ3) is 2.49. The van der Waals surface area contributed by atoms with E-state index in [1.165, 1.54) is 19.1 Å². The first kappa shape index (κ1) is 16.1. The van der Waals surface area contributed by atoms with Crippen molar-refractivity contribution in [1.82, 2.24) is 4.90 Å². The lowest BCUT2D eigenvalue weighted by Gasteiger charge is -2.49. The van der Waals surface area contributed by atoms with E-state index in [-0.39, 0.29) is 30.7 Å². The highest BCUT2D eigenvalue weighted by atomic mass is 32.2. The molecule has 2 aliphatic heterocycles. The van der Waals surface area contributed by atoms with Gasteiger partial charge < -0.3 is 14.1 Å². The fourth-order valence-corrected chi connectivity index (χ4v) is 6.25. The Hall–Kier alpha value is -1.34. The lowest BCUT2D eigenvalue weighted by atomic mass is 9.83. The van der Waals surface area contributed by atoms with E-state index >= 15 is 0 Å². The van der Waals surface area contributed by atoms with Crippen LogP contribution in [0.1, 0.15) is 35.4 Å². The Kier molecular flexibility index (Phi) is 3.76. The second kappa shape index (κ2) is 5.59. The van der Waals surface area contributed by atoms with Crippen LogP contribution in [0.4, 0.5) is 0 Å². The van der Waals surface area contributed by atoms with Crippen molar-refractivity contribution in [3.8, 4) is 0 Å². The van der Waals surface area contributed by atoms with E-state index in [1.54, 1.807) is 11.0 Å². The molecule has 1 aromatic heterocycles. The average molecular weight is 353 g/mol. The molecule has 7 heteroatoms. The zero-order chi connectivity index (χ0) is 16.9. The summed E-state index contributed by atoms with van der Waals surface area (Å²) in [6, 6.07) is 1.74. The van der Waals surface area contributed by atoms with Crippen LogP contribution in [0, 0.1) is 18.8 Å². The van der Waals surface area contributed by atoms with Crippen molar-refractivity contribution < 1.29 is 22.4 Å². The van der Waals surface area contributed by atoms with Gasteiger partial charge in [0.1, 0.15) is 4.75 Å². The molecule has 0 unspecified atom stereocenters. The highest BCUT2D eigenvalue weighted by Crippen LogP contribution is 2.45. The summed E-state index contributed by atoms with van der Waals surface area (Å²) in [5.74, 6) is 0.944. The molecule has 1 saturated carbocycles. The first-order valence-corrected chi connectivity index (χ1v) is 10.2. The molecule has 0 N–H and O–H groups in total. The Bertz CT molecular complexity index is 743. The third-order valence-electron chi connectivity index (χ3n) is 5.73. The van der Waals surface area contributed by atoms with Gasteiger partial charge in [0.05, 0.1) is 18.6 Å². The van der Waals surface area contributed by atoms with E-state index in [9.17, 15) is 13.2 Å². The summed E-state index contributed by atoms with van der Waals surface area (Å²) >= 11 is 0. The number of likely N-dealkylation sites (tertiary alicyclic amines) is 1. The van der Waals surface area contributed by atoms with Crippen LogP contribution in [0.2, 0.25) is 0 Å². The van der Waals surface area contributed by atoms with Crippen molar-refractivity contribution in [2.24, 2.45) is 11.8 Å². The van der Waals surface area contributed by atoms with Gasteiger partial charge in [0.25, 0.3) is 5.91 Å². The van der Waals surface area contributed by atoms with Crippen molar-refractivity contribution in [3.63, 3.8) is 0 Å². The zero-order valence-corrected chi connectivity index (χ0v) is 14.7. The normalized spacial score (nSPS) is 27.4. The largest absolute Gasteiger partial charge is 0.459 e. The molecule has 1 aliphatic carbocycles. The number of ether oxygens (including phenoxy) is 1. The predicted molar refractivity (Wildman–Crippen MR) is 87.5 cm³/mol. The molecule has 0 aromatic carbocycles. The number of aryl methyl sites for hydroxylation is 1. The summed E-state index contributed by atoms with van der Waals surface area (Å²) in [5.41, 5.74) is 0.777. The van der Waals surface area contributed by atoms with Crippen molar-refractivity contribution in [2.45, 2.75) is 30.9 Å². The van der Waals surface area contributed by atoms with E-state index in [2.05, 4.69) is 0 Å². The Morgan fingerprint density at radius 3 is 2.71 bits per heavy atom. The summed E-state index contributed by atoms with van der Waals surface area (Å²) in [5, 5.41) is 0. The first-order chi connectivity index (χ1) is 11.4. The van der Waals surface area contributed by atoms with Gasteiger partial charge in [0, 0.05) is 31.2 Å². The summed E-state index contributed by atoms with van der Waals surface area (Å²) in [7, 11) is -3.18. The van der Waals surface area contributed by atoms with Crippen LogP contribution < -0.4 is 0 Å². The Morgan fingerprint density at radius 1 is 1.33 bits per heavy atom. The quantitative estimate of drug-likeness (QED) is 0.804. The second-order valence-corrected chi connectivity index (χ2v) is 9.89. The fraction of sp³-hybridized carbons (Fsp3) is 0.706. The molecule has 1 spiro atoms. The van der Waals surface area contributed by atoms with Crippen LogP contribution in [0.15, 0.2) is 16.7 Å². The van der Waals surface area contributed by atoms with Crippen LogP contribution in [0.5, 0.6) is 0 Å². The molecule has 3 fully saturated rings. The molecule has 132 valence electrons. The first-order valence-electron chi connectivity index (χ1n) is 8.56. The summed E-state index contributed by atoms with van der Waals surface area (Å²) in [4.78, 5) is 14.1. The molecule has 3 heterocycles. The number of rotatable bonds is 5. The van der Waals surface area contributed by atoms with Crippen LogP contribution >= 0.6 is 0 Å². The number of nitrogens with zero attached hydrogens (tertiary/aromatic N) is 1. The smallest absolute Gasteiger partial charge is 0.289 e. The summed E-state index contributed by atoms with van der Waals surface area (Å²) in [6.45, 7) is 3.54. The van der Waals surface area contributed by atoms with Crippen LogP contribution in [-0.2, 0) is 14.6 Å². The lowest BCUT2D eigenvalue weighted by molar-refractivity contribution is 0.0210. The topological polar surface area (TPSA) is 76.8 Å². The molecule has 0 bridgehead atoms. The van der Waals surface area contributed by atoms with Gasteiger partial charge in [-0.1, -0.05) is 0 Å². The SMILES string of the molecule is Cc1ccoc1C(=O)N1CC2(C1)[C@@H](COCC1CC1)CCS2(=O)=O. The monoisotopic (exact) mass is 353 g/mol. The minimum atomic E-state index is -3.18. The van der Waals surface area contributed by atoms with E-state index in [0.717, 1.165) is 12.2 Å². The van der Waals surface area contributed by atoms with Crippen molar-refractivity contribution in [3.05, 3.63) is 23.7 Å². The van der Waals surface area contributed by atoms with E-state index in [1.807, 2.05) is 6.92 Å². The maximum atomic E-state index is 12.6. The molecule has 4 rings (SSSR count). The number of carbonyl (C=O) groups excluding carboxylic acids is 1. The maximum Gasteiger partial charge on any atom is 0.289 e. The molecule has 6 nitrogen and oxygen atoms in total. The van der Waals surface area contributed by atoms with E-state index < -0.39 is 14.6 Å². The number of furan rings is 1. The minimum Gasteiger partial charge on any atom is -0.459 e. The van der Waals surface area contributed by atoms with Crippen molar-refractivity contribution in [2.75, 3.05) is 32.1 Å². The molecule has 1 atom stereocenters. The average Bonchev–Trinajstić information content (AvgIpc) is 3.14. The van der Waals surface area contributed by atoms with E-state index in [0.29, 0.717) is 24.7 Å². The molecule has 1 amide bonds. The van der Waals surface area contributed by atoms with Gasteiger partial charge in [0.2, 0.25) is 0 Å². The van der Waals surface area contributed by atoms with Crippen LogP contribution in [0.25, 0.3) is 0 Å². The van der Waals surface area contributed by atoms with Crippen molar-refractivity contribution >= 4 is 15.7 Å². The molecule has 0 radical (unpaired) electrons. The predicted octanol–water partition coefficient (Wildman–Crippen LogP) is 1.64. The molecule has 3 aliphatic rings. The summed E-state index contributed by atoms with van der Waals surface area (Å²) < 4.78 is 35.4. The summed E-state index contributed by atoms with van der Waals surface area (Å²) in [6.07, 6.45) is 4.56. The van der Waals surface area contributed by atoms with Gasteiger partial charge in [-0.05, 0) is 38.2 Å². The number of sulfone groups is 1. The lowest BCUT2D eigenvalue weighted by Crippen LogP contribution is -2.68. The number of hydrogen-bond donors (Lipinski definition) is 0. The standard InChI is InChI=1S/C17H23NO5S/c1-12-4-6-23-15(12)16(19)18-10-17(11-18)14(5-7-24(17,20)21)9-22-8-13-2-3-13/h4,6,13-14H,2-3,5,7-11H2,1H3/t14-/m1/s1. The molecular weight excluding hydrogens is 330 g/mol. The zero-order valence-electron chi connectivity index (χ0n) is 13.9. The van der Waals surface area contributed by atoms with Crippen LogP contribution in [0.3, 0.4) is 0 Å². The molecular formula is C17H23NO5S. The van der Waals surface area contributed by atoms with Gasteiger partial charge in [-0.2, -0.15) is 0 Å². The molecule has 1 aromatic rings. The third-order valence-corrected chi connectivity index (χ3v) is 8.33. The highest BCUT2D eigenvalue weighted by molar-refractivity contribution is 7.93. The van der Waals surface area contributed by atoms with Crippen LogP contribution in [-0.4, -0.2) is 56.0 Å². The number of carbonyl (C=O) groups is 1. The van der Waals surface area contributed by atoms with Gasteiger partial charge in [-0.3, -0.25) is 4.79 Å². The van der Waals surface area contributed by atoms with Gasteiger partial charge in [-0.25, -0.2) is 8.42 Å². The van der Waals surface area contributed by atoms with Gasteiger partial charge >= 0.3 is 0 Å². The second-order valence-electron chi connectivity index (χ2n) is 7.44. The van der Waals surface area contributed by atoms with E-state index in [4.69, 9.17) is 9.15 Å². The Morgan fingerprint density at radius 2 is 2.08 bits per heavy atom. The minimum absolute atomic E-state index is 0.0111. The molecule has 24 heavy (non-hydrogen) atoms. The maximum absolute atomic E-state index is 12.6. The molecule has 2 saturated heterocycles. The number of amides is 1. The number of hydrogen-bond acceptors (Lipinski definition) is 5. The fourth-order valence-electron chi connectivity index (χ4n) is 3.85. The Balaban J connectivity index is 1.44. The highest BCUT2D eigenvalue weighted by Gasteiger charge is 2.62.